The van der Waals surface area contributed by atoms with E-state index in [2.05, 4.69) is 20.7 Å². The van der Waals surface area contributed by atoms with Crippen LogP contribution in [0.4, 0.5) is 5.69 Å². The standard InChI is InChI=1S/C11H10BrClN2O2S2/c12-7-1-2-9(8(13)5-7)15-19(16,17)11-3-4-18-10(11)6-14/h1-5,15H,6,14H2. The van der Waals surface area contributed by atoms with E-state index in [1.54, 1.807) is 23.6 Å². The predicted molar refractivity (Wildman–Crippen MR) is 82.2 cm³/mol. The second-order valence-corrected chi connectivity index (χ2v) is 7.62. The van der Waals surface area contributed by atoms with Crippen LogP contribution in [0.25, 0.3) is 0 Å². The molecule has 19 heavy (non-hydrogen) atoms. The van der Waals surface area contributed by atoms with Crippen molar-refractivity contribution >= 4 is 54.6 Å². The van der Waals surface area contributed by atoms with Crippen LogP contribution in [0, 0.1) is 0 Å². The maximum Gasteiger partial charge on any atom is 0.263 e. The molecule has 1 heterocycles. The Kier molecular flexibility index (Phi) is 4.52. The molecule has 0 fully saturated rings. The van der Waals surface area contributed by atoms with Gasteiger partial charge in [-0.3, -0.25) is 4.72 Å². The largest absolute Gasteiger partial charge is 0.326 e. The van der Waals surface area contributed by atoms with Crippen molar-refractivity contribution in [3.05, 3.63) is 44.0 Å². The Morgan fingerprint density at radius 1 is 1.37 bits per heavy atom. The normalized spacial score (nSPS) is 11.5. The second-order valence-electron chi connectivity index (χ2n) is 3.64. The van der Waals surface area contributed by atoms with Crippen LogP contribution in [0.15, 0.2) is 39.0 Å². The third-order valence-corrected chi connectivity index (χ3v) is 5.68. The van der Waals surface area contributed by atoms with E-state index >= 15 is 0 Å². The van der Waals surface area contributed by atoms with Crippen LogP contribution < -0.4 is 10.5 Å². The third kappa shape index (κ3) is 3.29. The number of nitrogens with two attached hydrogens (primary N) is 1. The van der Waals surface area contributed by atoms with Crippen LogP contribution >= 0.6 is 38.9 Å². The summed E-state index contributed by atoms with van der Waals surface area (Å²) in [6.07, 6.45) is 0. The summed E-state index contributed by atoms with van der Waals surface area (Å²) in [6.45, 7) is 0.183. The Morgan fingerprint density at radius 2 is 2.11 bits per heavy atom. The predicted octanol–water partition coefficient (Wildman–Crippen LogP) is 3.42. The summed E-state index contributed by atoms with van der Waals surface area (Å²) in [5.41, 5.74) is 5.85. The zero-order chi connectivity index (χ0) is 14.0. The molecule has 0 bridgehead atoms. The third-order valence-electron chi connectivity index (χ3n) is 2.35. The number of rotatable bonds is 4. The Bertz CT molecular complexity index is 700. The molecule has 4 nitrogen and oxygen atoms in total. The fourth-order valence-electron chi connectivity index (χ4n) is 1.49. The molecule has 1 aromatic heterocycles. The van der Waals surface area contributed by atoms with Crippen LogP contribution in [-0.4, -0.2) is 8.42 Å². The molecule has 0 atom stereocenters. The van der Waals surface area contributed by atoms with Crippen molar-refractivity contribution in [3.63, 3.8) is 0 Å². The molecule has 8 heteroatoms. The summed E-state index contributed by atoms with van der Waals surface area (Å²) in [4.78, 5) is 0.805. The summed E-state index contributed by atoms with van der Waals surface area (Å²) in [5.74, 6) is 0. The summed E-state index contributed by atoms with van der Waals surface area (Å²) in [6, 6.07) is 6.46. The van der Waals surface area contributed by atoms with Crippen molar-refractivity contribution in [2.24, 2.45) is 5.73 Å². The molecule has 0 spiro atoms. The fourth-order valence-corrected chi connectivity index (χ4v) is 4.68. The molecule has 102 valence electrons. The molecule has 2 rings (SSSR count). The zero-order valence-corrected chi connectivity index (χ0v) is 13.5. The van der Waals surface area contributed by atoms with E-state index < -0.39 is 10.0 Å². The van der Waals surface area contributed by atoms with Gasteiger partial charge in [-0.2, -0.15) is 0 Å². The first-order chi connectivity index (χ1) is 8.94. The maximum absolute atomic E-state index is 12.2. The quantitative estimate of drug-likeness (QED) is 0.852. The van der Waals surface area contributed by atoms with Gasteiger partial charge in [0.2, 0.25) is 0 Å². The first kappa shape index (κ1) is 14.8. The molecule has 0 saturated carbocycles. The van der Waals surface area contributed by atoms with Gasteiger partial charge in [0.15, 0.2) is 0 Å². The molecule has 1 aromatic carbocycles. The zero-order valence-electron chi connectivity index (χ0n) is 9.56. The Morgan fingerprint density at radius 3 is 2.74 bits per heavy atom. The molecule has 0 radical (unpaired) electrons. The number of thiophene rings is 1. The highest BCUT2D eigenvalue weighted by molar-refractivity contribution is 9.10. The molecule has 0 unspecified atom stereocenters. The average molecular weight is 382 g/mol. The summed E-state index contributed by atoms with van der Waals surface area (Å²) < 4.78 is 27.7. The molecule has 2 aromatic rings. The van der Waals surface area contributed by atoms with Crippen molar-refractivity contribution in [1.82, 2.24) is 0 Å². The summed E-state index contributed by atoms with van der Waals surface area (Å²) >= 11 is 10.6. The maximum atomic E-state index is 12.2. The van der Waals surface area contributed by atoms with Crippen LogP contribution in [0.5, 0.6) is 0 Å². The Balaban J connectivity index is 2.37. The van der Waals surface area contributed by atoms with Gasteiger partial charge >= 0.3 is 0 Å². The number of hydrogen-bond acceptors (Lipinski definition) is 4. The van der Waals surface area contributed by atoms with E-state index in [-0.39, 0.29) is 11.4 Å². The highest BCUT2D eigenvalue weighted by Gasteiger charge is 2.20. The van der Waals surface area contributed by atoms with Gasteiger partial charge in [0, 0.05) is 15.9 Å². The molecule has 0 amide bonds. The lowest BCUT2D eigenvalue weighted by Crippen LogP contribution is -2.15. The highest BCUT2D eigenvalue weighted by Crippen LogP contribution is 2.29. The van der Waals surface area contributed by atoms with Crippen LogP contribution in [0.2, 0.25) is 5.02 Å². The monoisotopic (exact) mass is 380 g/mol. The highest BCUT2D eigenvalue weighted by atomic mass is 79.9. The molecule has 0 aliphatic heterocycles. The van der Waals surface area contributed by atoms with Crippen molar-refractivity contribution in [2.75, 3.05) is 4.72 Å². The van der Waals surface area contributed by atoms with Crippen molar-refractivity contribution in [1.29, 1.82) is 0 Å². The lowest BCUT2D eigenvalue weighted by atomic mass is 10.3. The van der Waals surface area contributed by atoms with E-state index in [0.717, 1.165) is 4.47 Å². The minimum Gasteiger partial charge on any atom is -0.326 e. The number of hydrogen-bond donors (Lipinski definition) is 2. The van der Waals surface area contributed by atoms with Gasteiger partial charge in [0.25, 0.3) is 10.0 Å². The van der Waals surface area contributed by atoms with Gasteiger partial charge < -0.3 is 5.73 Å². The Hall–Kier alpha value is -0.600. The van der Waals surface area contributed by atoms with Crippen LogP contribution in [-0.2, 0) is 16.6 Å². The smallest absolute Gasteiger partial charge is 0.263 e. The molecule has 0 saturated heterocycles. The number of halogens is 2. The SMILES string of the molecule is NCc1sccc1S(=O)(=O)Nc1ccc(Br)cc1Cl. The fraction of sp³-hybridized carbons (Fsp3) is 0.0909. The minimum absolute atomic E-state index is 0.183. The first-order valence-electron chi connectivity index (χ1n) is 5.18. The van der Waals surface area contributed by atoms with E-state index in [0.29, 0.717) is 15.6 Å². The molecular formula is C11H10BrClN2O2S2. The molecule has 3 N–H and O–H groups in total. The van der Waals surface area contributed by atoms with Gasteiger partial charge in [-0.1, -0.05) is 27.5 Å². The molecular weight excluding hydrogens is 372 g/mol. The molecule has 0 aliphatic rings. The summed E-state index contributed by atoms with van der Waals surface area (Å²) in [7, 11) is -3.67. The lowest BCUT2D eigenvalue weighted by Gasteiger charge is -2.10. The number of anilines is 1. The van der Waals surface area contributed by atoms with Crippen LogP contribution in [0.1, 0.15) is 4.88 Å². The number of nitrogens with one attached hydrogen (secondary N) is 1. The second kappa shape index (κ2) is 5.80. The van der Waals surface area contributed by atoms with Crippen LogP contribution in [0.3, 0.4) is 0 Å². The van der Waals surface area contributed by atoms with E-state index in [1.165, 1.54) is 17.4 Å². The van der Waals surface area contributed by atoms with E-state index in [9.17, 15) is 8.42 Å². The summed E-state index contributed by atoms with van der Waals surface area (Å²) in [5, 5.41) is 2.02. The van der Waals surface area contributed by atoms with Crippen molar-refractivity contribution in [3.8, 4) is 0 Å². The lowest BCUT2D eigenvalue weighted by molar-refractivity contribution is 0.600. The topological polar surface area (TPSA) is 72.2 Å². The van der Waals surface area contributed by atoms with Crippen molar-refractivity contribution in [2.45, 2.75) is 11.4 Å². The van der Waals surface area contributed by atoms with Crippen molar-refractivity contribution < 1.29 is 8.42 Å². The van der Waals surface area contributed by atoms with Gasteiger partial charge in [-0.15, -0.1) is 11.3 Å². The van der Waals surface area contributed by atoms with Gasteiger partial charge in [-0.25, -0.2) is 8.42 Å². The first-order valence-corrected chi connectivity index (χ1v) is 8.71. The number of sulfonamides is 1. The average Bonchev–Trinajstić information content (AvgIpc) is 2.82. The molecule has 0 aliphatic carbocycles. The van der Waals surface area contributed by atoms with Gasteiger partial charge in [0.05, 0.1) is 10.7 Å². The van der Waals surface area contributed by atoms with Gasteiger partial charge in [0.1, 0.15) is 4.90 Å². The van der Waals surface area contributed by atoms with E-state index in [1.807, 2.05) is 0 Å². The van der Waals surface area contributed by atoms with Gasteiger partial charge in [-0.05, 0) is 29.6 Å². The number of benzene rings is 1. The van der Waals surface area contributed by atoms with E-state index in [4.69, 9.17) is 17.3 Å². The Labute approximate surface area is 128 Å². The minimum atomic E-state index is -3.67.